The van der Waals surface area contributed by atoms with Crippen molar-refractivity contribution in [2.24, 2.45) is 5.92 Å². The molecule has 2 N–H and O–H groups in total. The van der Waals surface area contributed by atoms with Gasteiger partial charge in [0.2, 0.25) is 0 Å². The number of rotatable bonds is 6. The minimum atomic E-state index is -0.615. The van der Waals surface area contributed by atoms with E-state index in [0.717, 1.165) is 25.6 Å². The molecular weight excluding hydrogens is 224 g/mol. The number of hydrogen-bond donors (Lipinski definition) is 2. The predicted molar refractivity (Wildman–Crippen MR) is 77.8 cm³/mol. The molecule has 0 aromatic carbocycles. The Balaban J connectivity index is 2.36. The summed E-state index contributed by atoms with van der Waals surface area (Å²) in [5.74, 6) is 0.897. The van der Waals surface area contributed by atoms with Crippen molar-refractivity contribution in [3.63, 3.8) is 0 Å². The van der Waals surface area contributed by atoms with E-state index in [1.165, 1.54) is 25.7 Å². The third kappa shape index (κ3) is 6.17. The lowest BCUT2D eigenvalue weighted by Gasteiger charge is -2.31. The van der Waals surface area contributed by atoms with Crippen molar-refractivity contribution in [3.8, 4) is 0 Å². The van der Waals surface area contributed by atoms with Gasteiger partial charge in [0.05, 0.1) is 5.60 Å². The normalized spacial score (nSPS) is 26.0. The van der Waals surface area contributed by atoms with Gasteiger partial charge in [-0.25, -0.2) is 0 Å². The van der Waals surface area contributed by atoms with Crippen molar-refractivity contribution in [3.05, 3.63) is 0 Å². The number of hydrogen-bond acceptors (Lipinski definition) is 3. The molecule has 1 saturated heterocycles. The number of nitrogens with one attached hydrogen (secondary N) is 1. The van der Waals surface area contributed by atoms with Crippen LogP contribution in [0, 0.1) is 5.92 Å². The maximum atomic E-state index is 10.4. The van der Waals surface area contributed by atoms with E-state index in [1.807, 2.05) is 6.92 Å². The van der Waals surface area contributed by atoms with Gasteiger partial charge in [0.25, 0.3) is 0 Å². The standard InChI is InChI=1S/C15H32N2O/c1-5-14-7-6-9-17(10-8-14)12-15(4,18)11-16-13(2)3/h13-14,16,18H,5-12H2,1-4H3. The topological polar surface area (TPSA) is 35.5 Å². The van der Waals surface area contributed by atoms with Crippen LogP contribution in [0.4, 0.5) is 0 Å². The fourth-order valence-electron chi connectivity index (χ4n) is 2.75. The van der Waals surface area contributed by atoms with Crippen LogP contribution < -0.4 is 5.32 Å². The molecule has 0 spiro atoms. The second kappa shape index (κ2) is 7.46. The molecule has 108 valence electrons. The van der Waals surface area contributed by atoms with Crippen molar-refractivity contribution in [2.75, 3.05) is 26.2 Å². The third-order valence-corrected chi connectivity index (χ3v) is 3.97. The van der Waals surface area contributed by atoms with Crippen molar-refractivity contribution in [1.82, 2.24) is 10.2 Å². The van der Waals surface area contributed by atoms with Gasteiger partial charge in [-0.2, -0.15) is 0 Å². The third-order valence-electron chi connectivity index (χ3n) is 3.97. The monoisotopic (exact) mass is 256 g/mol. The summed E-state index contributed by atoms with van der Waals surface area (Å²) in [6.07, 6.45) is 5.24. The van der Waals surface area contributed by atoms with Crippen molar-refractivity contribution in [2.45, 2.75) is 65.0 Å². The highest BCUT2D eigenvalue weighted by Gasteiger charge is 2.25. The van der Waals surface area contributed by atoms with Crippen LogP contribution in [-0.2, 0) is 0 Å². The maximum absolute atomic E-state index is 10.4. The molecular formula is C15H32N2O. The van der Waals surface area contributed by atoms with E-state index in [4.69, 9.17) is 0 Å². The lowest BCUT2D eigenvalue weighted by atomic mass is 9.98. The first-order valence-electron chi connectivity index (χ1n) is 7.61. The molecule has 0 saturated carbocycles. The van der Waals surface area contributed by atoms with Crippen LogP contribution in [0.3, 0.4) is 0 Å². The van der Waals surface area contributed by atoms with Gasteiger partial charge in [-0.1, -0.05) is 27.2 Å². The molecule has 3 heteroatoms. The minimum Gasteiger partial charge on any atom is -0.388 e. The van der Waals surface area contributed by atoms with Gasteiger partial charge in [0.1, 0.15) is 0 Å². The molecule has 2 unspecified atom stereocenters. The average molecular weight is 256 g/mol. The lowest BCUT2D eigenvalue weighted by molar-refractivity contribution is 0.0193. The molecule has 1 fully saturated rings. The first-order valence-corrected chi connectivity index (χ1v) is 7.61. The van der Waals surface area contributed by atoms with Crippen molar-refractivity contribution < 1.29 is 5.11 Å². The van der Waals surface area contributed by atoms with Crippen molar-refractivity contribution in [1.29, 1.82) is 0 Å². The number of likely N-dealkylation sites (tertiary alicyclic amines) is 1. The fourth-order valence-corrected chi connectivity index (χ4v) is 2.75. The summed E-state index contributed by atoms with van der Waals surface area (Å²) in [5, 5.41) is 13.8. The zero-order valence-electron chi connectivity index (χ0n) is 12.7. The van der Waals surface area contributed by atoms with E-state index in [2.05, 4.69) is 31.0 Å². The Morgan fingerprint density at radius 3 is 2.67 bits per heavy atom. The molecule has 1 aliphatic heterocycles. The largest absolute Gasteiger partial charge is 0.388 e. The number of β-amino-alcohol motifs (C(OH)–C–C–N with tert-alkyl or cyclic N) is 1. The van der Waals surface area contributed by atoms with Gasteiger partial charge < -0.3 is 15.3 Å². The molecule has 2 atom stereocenters. The first kappa shape index (κ1) is 15.9. The molecule has 18 heavy (non-hydrogen) atoms. The molecule has 0 aromatic heterocycles. The summed E-state index contributed by atoms with van der Waals surface area (Å²) < 4.78 is 0. The smallest absolute Gasteiger partial charge is 0.0869 e. The molecule has 0 bridgehead atoms. The number of nitrogens with zero attached hydrogens (tertiary/aromatic N) is 1. The first-order chi connectivity index (χ1) is 8.43. The van der Waals surface area contributed by atoms with E-state index in [0.29, 0.717) is 12.6 Å². The molecule has 1 rings (SSSR count). The molecule has 0 aliphatic carbocycles. The molecule has 0 aromatic rings. The van der Waals surface area contributed by atoms with Gasteiger partial charge in [0, 0.05) is 19.1 Å². The Kier molecular flexibility index (Phi) is 6.61. The Morgan fingerprint density at radius 2 is 2.06 bits per heavy atom. The van der Waals surface area contributed by atoms with Crippen LogP contribution in [-0.4, -0.2) is 47.8 Å². The average Bonchev–Trinajstić information content (AvgIpc) is 2.51. The summed E-state index contributed by atoms with van der Waals surface area (Å²) in [5.41, 5.74) is -0.615. The molecule has 3 nitrogen and oxygen atoms in total. The van der Waals surface area contributed by atoms with E-state index in [9.17, 15) is 5.11 Å². The maximum Gasteiger partial charge on any atom is 0.0869 e. The lowest BCUT2D eigenvalue weighted by Crippen LogP contribution is -2.49. The van der Waals surface area contributed by atoms with E-state index < -0.39 is 5.60 Å². The summed E-state index contributed by atoms with van der Waals surface area (Å²) in [4.78, 5) is 2.44. The summed E-state index contributed by atoms with van der Waals surface area (Å²) in [6, 6.07) is 0.435. The second-order valence-corrected chi connectivity index (χ2v) is 6.51. The minimum absolute atomic E-state index is 0.435. The van der Waals surface area contributed by atoms with Crippen LogP contribution in [0.1, 0.15) is 53.4 Å². The number of aliphatic hydroxyl groups is 1. The highest BCUT2D eigenvalue weighted by molar-refractivity contribution is 4.82. The predicted octanol–water partition coefficient (Wildman–Crippen LogP) is 2.25. The van der Waals surface area contributed by atoms with Crippen LogP contribution in [0.2, 0.25) is 0 Å². The van der Waals surface area contributed by atoms with E-state index in [1.54, 1.807) is 0 Å². The van der Waals surface area contributed by atoms with Gasteiger partial charge in [-0.15, -0.1) is 0 Å². The van der Waals surface area contributed by atoms with Crippen LogP contribution in [0.15, 0.2) is 0 Å². The summed E-state index contributed by atoms with van der Waals surface area (Å²) >= 11 is 0. The van der Waals surface area contributed by atoms with E-state index in [-0.39, 0.29) is 0 Å². The Morgan fingerprint density at radius 1 is 1.33 bits per heavy atom. The molecule has 0 amide bonds. The van der Waals surface area contributed by atoms with Gasteiger partial charge >= 0.3 is 0 Å². The van der Waals surface area contributed by atoms with Crippen LogP contribution >= 0.6 is 0 Å². The zero-order valence-corrected chi connectivity index (χ0v) is 12.7. The van der Waals surface area contributed by atoms with Gasteiger partial charge in [-0.05, 0) is 45.2 Å². The van der Waals surface area contributed by atoms with Crippen LogP contribution in [0.5, 0.6) is 0 Å². The highest BCUT2D eigenvalue weighted by atomic mass is 16.3. The summed E-state index contributed by atoms with van der Waals surface area (Å²) in [6.45, 7) is 12.3. The SMILES string of the molecule is CCC1CCCN(CC(C)(O)CNC(C)C)CC1. The Labute approximate surface area is 113 Å². The molecule has 0 radical (unpaired) electrons. The fraction of sp³-hybridized carbons (Fsp3) is 1.00. The summed E-state index contributed by atoms with van der Waals surface area (Å²) in [7, 11) is 0. The van der Waals surface area contributed by atoms with E-state index >= 15 is 0 Å². The second-order valence-electron chi connectivity index (χ2n) is 6.51. The van der Waals surface area contributed by atoms with Gasteiger partial charge in [-0.3, -0.25) is 0 Å². The highest BCUT2D eigenvalue weighted by Crippen LogP contribution is 2.21. The Bertz CT molecular complexity index is 229. The zero-order chi connectivity index (χ0) is 13.6. The quantitative estimate of drug-likeness (QED) is 0.765. The molecule has 1 aliphatic rings. The Hall–Kier alpha value is -0.120. The van der Waals surface area contributed by atoms with Crippen LogP contribution in [0.25, 0.3) is 0 Å². The van der Waals surface area contributed by atoms with Gasteiger partial charge in [0.15, 0.2) is 0 Å². The van der Waals surface area contributed by atoms with Crippen molar-refractivity contribution >= 4 is 0 Å². The molecule has 1 heterocycles.